The summed E-state index contributed by atoms with van der Waals surface area (Å²) < 4.78 is 14.3. The molecule has 1 aromatic rings. The molecule has 0 saturated heterocycles. The molecule has 0 saturated carbocycles. The minimum Gasteiger partial charge on any atom is -0.313 e. The third-order valence-electron chi connectivity index (χ3n) is 2.82. The van der Waals surface area contributed by atoms with E-state index < -0.39 is 0 Å². The zero-order valence-corrected chi connectivity index (χ0v) is 14.1. The Morgan fingerprint density at radius 1 is 1.32 bits per heavy atom. The number of hydrogen-bond donors (Lipinski definition) is 1. The summed E-state index contributed by atoms with van der Waals surface area (Å²) in [5.41, 5.74) is 1.05. The number of thioether (sulfide) groups is 1. The molecule has 0 radical (unpaired) electrons. The number of halogens is 2. The highest BCUT2D eigenvalue weighted by molar-refractivity contribution is 9.10. The topological polar surface area (TPSA) is 12.0 Å². The molecule has 0 amide bonds. The number of nitrogens with one attached hydrogen (secondary N) is 1. The minimum absolute atomic E-state index is 0.159. The van der Waals surface area contributed by atoms with Gasteiger partial charge in [-0.1, -0.05) is 29.8 Å². The first-order chi connectivity index (χ1) is 9.17. The lowest BCUT2D eigenvalue weighted by Crippen LogP contribution is -2.34. The smallest absolute Gasteiger partial charge is 0.123 e. The first-order valence-corrected chi connectivity index (χ1v) is 8.87. The average molecular weight is 348 g/mol. The minimum atomic E-state index is -0.159. The number of hydrogen-bond acceptors (Lipinski definition) is 2. The third-order valence-corrected chi connectivity index (χ3v) is 4.93. The van der Waals surface area contributed by atoms with Crippen LogP contribution in [0.1, 0.15) is 32.3 Å². The Kier molecular flexibility index (Phi) is 8.75. The van der Waals surface area contributed by atoms with Crippen LogP contribution in [0.2, 0.25) is 0 Å². The maximum Gasteiger partial charge on any atom is 0.123 e. The van der Waals surface area contributed by atoms with Gasteiger partial charge in [0.25, 0.3) is 0 Å². The van der Waals surface area contributed by atoms with Crippen molar-refractivity contribution in [3.8, 4) is 0 Å². The average Bonchev–Trinajstić information content (AvgIpc) is 2.40. The summed E-state index contributed by atoms with van der Waals surface area (Å²) in [6.45, 7) is 5.39. The highest BCUT2D eigenvalue weighted by Crippen LogP contribution is 2.20. The van der Waals surface area contributed by atoms with Gasteiger partial charge in [-0.25, -0.2) is 4.39 Å². The Hall–Kier alpha value is -0.0600. The zero-order chi connectivity index (χ0) is 14.1. The van der Waals surface area contributed by atoms with Gasteiger partial charge in [-0.3, -0.25) is 0 Å². The Morgan fingerprint density at radius 2 is 2.11 bits per heavy atom. The van der Waals surface area contributed by atoms with E-state index in [1.54, 1.807) is 12.1 Å². The lowest BCUT2D eigenvalue weighted by Gasteiger charge is -2.19. The van der Waals surface area contributed by atoms with E-state index >= 15 is 0 Å². The second kappa shape index (κ2) is 9.78. The molecule has 1 aromatic carbocycles. The van der Waals surface area contributed by atoms with Gasteiger partial charge < -0.3 is 5.32 Å². The van der Waals surface area contributed by atoms with E-state index in [0.29, 0.717) is 6.04 Å². The quantitative estimate of drug-likeness (QED) is 0.653. The molecule has 1 unspecified atom stereocenters. The summed E-state index contributed by atoms with van der Waals surface area (Å²) in [5, 5.41) is 3.56. The van der Waals surface area contributed by atoms with Gasteiger partial charge in [0.2, 0.25) is 0 Å². The van der Waals surface area contributed by atoms with Crippen LogP contribution in [0.3, 0.4) is 0 Å². The van der Waals surface area contributed by atoms with Crippen LogP contribution in [0, 0.1) is 5.82 Å². The Balaban J connectivity index is 2.61. The van der Waals surface area contributed by atoms with Crippen LogP contribution < -0.4 is 5.32 Å². The first kappa shape index (κ1) is 17.0. The van der Waals surface area contributed by atoms with Gasteiger partial charge in [-0.15, -0.1) is 0 Å². The molecule has 0 aliphatic heterocycles. The standard InChI is InChI=1S/C15H23BrFNS/c1-3-7-18-14(11-19-8-4-2)10-12-9-13(17)5-6-15(12)16/h5-6,9,14,18H,3-4,7-8,10-11H2,1-2H3. The fourth-order valence-electron chi connectivity index (χ4n) is 1.87. The molecule has 1 rings (SSSR count). The molecule has 1 atom stereocenters. The lowest BCUT2D eigenvalue weighted by molar-refractivity contribution is 0.546. The fraction of sp³-hybridized carbons (Fsp3) is 0.600. The molecule has 0 spiro atoms. The maximum absolute atomic E-state index is 13.3. The molecule has 4 heteroatoms. The number of benzene rings is 1. The van der Waals surface area contributed by atoms with Gasteiger partial charge in [-0.05, 0) is 55.3 Å². The molecule has 0 aromatic heterocycles. The van der Waals surface area contributed by atoms with Crippen LogP contribution in [0.5, 0.6) is 0 Å². The second-order valence-electron chi connectivity index (χ2n) is 4.67. The Morgan fingerprint density at radius 3 is 2.79 bits per heavy atom. The van der Waals surface area contributed by atoms with Crippen molar-refractivity contribution in [2.75, 3.05) is 18.1 Å². The lowest BCUT2D eigenvalue weighted by atomic mass is 10.1. The first-order valence-electron chi connectivity index (χ1n) is 6.92. The van der Waals surface area contributed by atoms with Gasteiger partial charge in [0.15, 0.2) is 0 Å². The van der Waals surface area contributed by atoms with E-state index in [4.69, 9.17) is 0 Å². The summed E-state index contributed by atoms with van der Waals surface area (Å²) in [4.78, 5) is 0. The van der Waals surface area contributed by atoms with Crippen LogP contribution >= 0.6 is 27.7 Å². The van der Waals surface area contributed by atoms with Crippen molar-refractivity contribution in [3.63, 3.8) is 0 Å². The van der Waals surface area contributed by atoms with Crippen molar-refractivity contribution in [3.05, 3.63) is 34.1 Å². The van der Waals surface area contributed by atoms with E-state index in [-0.39, 0.29) is 5.82 Å². The molecular weight excluding hydrogens is 325 g/mol. The summed E-state index contributed by atoms with van der Waals surface area (Å²) in [7, 11) is 0. The molecule has 1 nitrogen and oxygen atoms in total. The zero-order valence-electron chi connectivity index (χ0n) is 11.7. The Labute approximate surface area is 128 Å². The van der Waals surface area contributed by atoms with Gasteiger partial charge in [0, 0.05) is 16.3 Å². The monoisotopic (exact) mass is 347 g/mol. The summed E-state index contributed by atoms with van der Waals surface area (Å²) in [5.74, 6) is 2.11. The van der Waals surface area contributed by atoms with E-state index in [9.17, 15) is 4.39 Å². The number of rotatable bonds is 9. The molecule has 0 heterocycles. The predicted molar refractivity (Wildman–Crippen MR) is 87.5 cm³/mol. The fourth-order valence-corrected chi connectivity index (χ4v) is 3.26. The molecule has 0 bridgehead atoms. The molecular formula is C15H23BrFNS. The summed E-state index contributed by atoms with van der Waals surface area (Å²) >= 11 is 5.48. The van der Waals surface area contributed by atoms with Crippen LogP contribution in [0.15, 0.2) is 22.7 Å². The van der Waals surface area contributed by atoms with Crippen molar-refractivity contribution >= 4 is 27.7 Å². The molecule has 0 aliphatic carbocycles. The molecule has 108 valence electrons. The van der Waals surface area contributed by atoms with Crippen LogP contribution in [0.4, 0.5) is 4.39 Å². The van der Waals surface area contributed by atoms with E-state index in [2.05, 4.69) is 35.1 Å². The normalized spacial score (nSPS) is 12.6. The van der Waals surface area contributed by atoms with Crippen molar-refractivity contribution in [2.24, 2.45) is 0 Å². The third kappa shape index (κ3) is 6.77. The van der Waals surface area contributed by atoms with Gasteiger partial charge in [0.05, 0.1) is 0 Å². The summed E-state index contributed by atoms with van der Waals surface area (Å²) in [6, 6.07) is 5.33. The van der Waals surface area contributed by atoms with Crippen LogP contribution in [-0.2, 0) is 6.42 Å². The van der Waals surface area contributed by atoms with Crippen molar-refractivity contribution < 1.29 is 4.39 Å². The second-order valence-corrected chi connectivity index (χ2v) is 6.67. The van der Waals surface area contributed by atoms with Crippen molar-refractivity contribution in [1.82, 2.24) is 5.32 Å². The highest BCUT2D eigenvalue weighted by Gasteiger charge is 2.11. The Bertz CT molecular complexity index is 373. The molecule has 0 fully saturated rings. The highest BCUT2D eigenvalue weighted by atomic mass is 79.9. The van der Waals surface area contributed by atoms with Crippen LogP contribution in [-0.4, -0.2) is 24.1 Å². The largest absolute Gasteiger partial charge is 0.313 e. The molecule has 19 heavy (non-hydrogen) atoms. The van der Waals surface area contributed by atoms with E-state index in [0.717, 1.165) is 35.2 Å². The SMILES string of the molecule is CCCNC(CSCCC)Cc1cc(F)ccc1Br. The van der Waals surface area contributed by atoms with E-state index in [1.807, 2.05) is 11.8 Å². The van der Waals surface area contributed by atoms with Crippen LogP contribution in [0.25, 0.3) is 0 Å². The molecule has 1 N–H and O–H groups in total. The molecule has 0 aliphatic rings. The van der Waals surface area contributed by atoms with Crippen molar-refractivity contribution in [2.45, 2.75) is 39.2 Å². The predicted octanol–water partition coefficient (Wildman–Crippen LogP) is 4.64. The van der Waals surface area contributed by atoms with Gasteiger partial charge in [0.1, 0.15) is 5.82 Å². The van der Waals surface area contributed by atoms with Gasteiger partial charge >= 0.3 is 0 Å². The summed E-state index contributed by atoms with van der Waals surface area (Å²) in [6.07, 6.45) is 3.20. The van der Waals surface area contributed by atoms with E-state index in [1.165, 1.54) is 18.2 Å². The van der Waals surface area contributed by atoms with Gasteiger partial charge in [-0.2, -0.15) is 11.8 Å². The maximum atomic E-state index is 13.3. The van der Waals surface area contributed by atoms with Crippen molar-refractivity contribution in [1.29, 1.82) is 0 Å².